The van der Waals surface area contributed by atoms with Crippen LogP contribution in [-0.2, 0) is 0 Å². The number of likely N-dealkylation sites (tertiary alicyclic amines) is 2. The van der Waals surface area contributed by atoms with Crippen LogP contribution in [0.5, 0.6) is 5.75 Å². The standard InChI is InChI=1S/C22H21N5O3S/c28-21(20-24-8-9-31-20)26-13-19(14-26)30-18-5-3-17(4-6-18)25-22(29)27-11-16(12-27)15-2-1-7-23-10-15/h1-10,16,19H,11-14H2,(H,25,29). The summed E-state index contributed by atoms with van der Waals surface area (Å²) in [5.74, 6) is 1.01. The van der Waals surface area contributed by atoms with Crippen LogP contribution in [0.4, 0.5) is 10.5 Å². The highest BCUT2D eigenvalue weighted by Crippen LogP contribution is 2.27. The fraction of sp³-hybridized carbons (Fsp3) is 0.273. The van der Waals surface area contributed by atoms with Gasteiger partial charge in [0, 0.05) is 48.7 Å². The Balaban J connectivity index is 1.06. The van der Waals surface area contributed by atoms with Gasteiger partial charge < -0.3 is 19.9 Å². The third-order valence-corrected chi connectivity index (χ3v) is 6.24. The number of pyridine rings is 1. The number of carbonyl (C=O) groups excluding carboxylic acids is 2. The van der Waals surface area contributed by atoms with Crippen LogP contribution in [-0.4, -0.2) is 64.0 Å². The number of thiazole rings is 1. The summed E-state index contributed by atoms with van der Waals surface area (Å²) < 4.78 is 5.91. The van der Waals surface area contributed by atoms with E-state index in [0.717, 1.165) is 11.3 Å². The number of nitrogens with zero attached hydrogens (tertiary/aromatic N) is 4. The number of amides is 3. The molecule has 2 aliphatic rings. The van der Waals surface area contributed by atoms with Crippen molar-refractivity contribution < 1.29 is 14.3 Å². The molecule has 158 valence electrons. The Bertz CT molecular complexity index is 1050. The Morgan fingerprint density at radius 2 is 1.84 bits per heavy atom. The smallest absolute Gasteiger partial charge is 0.321 e. The molecule has 9 heteroatoms. The van der Waals surface area contributed by atoms with Gasteiger partial charge in [-0.05, 0) is 35.9 Å². The maximum absolute atomic E-state index is 12.4. The van der Waals surface area contributed by atoms with Gasteiger partial charge >= 0.3 is 6.03 Å². The fourth-order valence-corrected chi connectivity index (χ4v) is 4.23. The Labute approximate surface area is 183 Å². The van der Waals surface area contributed by atoms with Crippen molar-refractivity contribution >= 4 is 29.0 Å². The van der Waals surface area contributed by atoms with Gasteiger partial charge in [-0.15, -0.1) is 11.3 Å². The molecule has 31 heavy (non-hydrogen) atoms. The molecule has 2 saturated heterocycles. The SMILES string of the molecule is O=C(Nc1ccc(OC2CN(C(=O)c3nccs3)C2)cc1)N1CC(c2cccnc2)C1. The molecule has 0 radical (unpaired) electrons. The number of nitrogens with one attached hydrogen (secondary N) is 1. The lowest BCUT2D eigenvalue weighted by molar-refractivity contribution is 0.0178. The molecular formula is C22H21N5O3S. The molecule has 2 aliphatic heterocycles. The lowest BCUT2D eigenvalue weighted by Gasteiger charge is -2.39. The predicted molar refractivity (Wildman–Crippen MR) is 116 cm³/mol. The van der Waals surface area contributed by atoms with Crippen molar-refractivity contribution in [1.82, 2.24) is 19.8 Å². The van der Waals surface area contributed by atoms with E-state index < -0.39 is 0 Å². The van der Waals surface area contributed by atoms with Gasteiger partial charge in [0.1, 0.15) is 11.9 Å². The average Bonchev–Trinajstić information content (AvgIpc) is 3.26. The molecule has 5 rings (SSSR count). The van der Waals surface area contributed by atoms with Gasteiger partial charge in [-0.1, -0.05) is 6.07 Å². The van der Waals surface area contributed by atoms with E-state index >= 15 is 0 Å². The van der Waals surface area contributed by atoms with E-state index in [1.807, 2.05) is 42.6 Å². The molecule has 0 aliphatic carbocycles. The summed E-state index contributed by atoms with van der Waals surface area (Å²) in [6.07, 6.45) is 5.21. The van der Waals surface area contributed by atoms with Crippen molar-refractivity contribution in [3.63, 3.8) is 0 Å². The van der Waals surface area contributed by atoms with Gasteiger partial charge in [-0.3, -0.25) is 9.78 Å². The zero-order valence-corrected chi connectivity index (χ0v) is 17.5. The molecule has 3 amide bonds. The molecule has 0 saturated carbocycles. The first-order valence-electron chi connectivity index (χ1n) is 10.1. The van der Waals surface area contributed by atoms with Crippen LogP contribution >= 0.6 is 11.3 Å². The normalized spacial score (nSPS) is 16.4. The molecule has 1 aromatic carbocycles. The van der Waals surface area contributed by atoms with Crippen molar-refractivity contribution in [3.05, 3.63) is 70.9 Å². The number of urea groups is 1. The molecule has 0 atom stereocenters. The zero-order valence-electron chi connectivity index (χ0n) is 16.7. The molecule has 2 aromatic heterocycles. The molecular weight excluding hydrogens is 414 g/mol. The maximum Gasteiger partial charge on any atom is 0.321 e. The Morgan fingerprint density at radius 1 is 1.03 bits per heavy atom. The van der Waals surface area contributed by atoms with Crippen LogP contribution in [0.15, 0.2) is 60.4 Å². The summed E-state index contributed by atoms with van der Waals surface area (Å²) in [4.78, 5) is 36.3. The van der Waals surface area contributed by atoms with Crippen molar-refractivity contribution in [1.29, 1.82) is 0 Å². The number of hydrogen-bond acceptors (Lipinski definition) is 6. The molecule has 0 spiro atoms. The van der Waals surface area contributed by atoms with E-state index in [4.69, 9.17) is 4.74 Å². The van der Waals surface area contributed by atoms with E-state index in [1.54, 1.807) is 27.6 Å². The lowest BCUT2D eigenvalue weighted by atomic mass is 9.93. The van der Waals surface area contributed by atoms with E-state index in [0.29, 0.717) is 42.9 Å². The summed E-state index contributed by atoms with van der Waals surface area (Å²) in [6.45, 7) is 2.47. The molecule has 0 unspecified atom stereocenters. The number of ether oxygens (including phenoxy) is 1. The van der Waals surface area contributed by atoms with Gasteiger partial charge in [0.15, 0.2) is 5.01 Å². The largest absolute Gasteiger partial charge is 0.487 e. The molecule has 8 nitrogen and oxygen atoms in total. The monoisotopic (exact) mass is 435 g/mol. The van der Waals surface area contributed by atoms with Crippen LogP contribution in [0, 0.1) is 0 Å². The first-order valence-corrected chi connectivity index (χ1v) is 10.9. The molecule has 0 bridgehead atoms. The highest BCUT2D eigenvalue weighted by atomic mass is 32.1. The zero-order chi connectivity index (χ0) is 21.2. The molecule has 2 fully saturated rings. The summed E-state index contributed by atoms with van der Waals surface area (Å²) >= 11 is 1.34. The summed E-state index contributed by atoms with van der Waals surface area (Å²) in [5, 5.41) is 5.22. The van der Waals surface area contributed by atoms with Crippen molar-refractivity contribution in [2.75, 3.05) is 31.5 Å². The van der Waals surface area contributed by atoms with Gasteiger partial charge in [-0.2, -0.15) is 0 Å². The molecule has 1 N–H and O–H groups in total. The number of carbonyl (C=O) groups is 2. The van der Waals surface area contributed by atoms with E-state index in [1.165, 1.54) is 11.3 Å². The van der Waals surface area contributed by atoms with Crippen LogP contribution in [0.2, 0.25) is 0 Å². The van der Waals surface area contributed by atoms with Crippen LogP contribution in [0.3, 0.4) is 0 Å². The fourth-order valence-electron chi connectivity index (χ4n) is 3.63. The van der Waals surface area contributed by atoms with E-state index in [2.05, 4.69) is 15.3 Å². The number of anilines is 1. The summed E-state index contributed by atoms with van der Waals surface area (Å²) in [6, 6.07) is 11.2. The summed E-state index contributed by atoms with van der Waals surface area (Å²) in [7, 11) is 0. The van der Waals surface area contributed by atoms with Gasteiger partial charge in [-0.25, -0.2) is 9.78 Å². The Morgan fingerprint density at radius 3 is 2.52 bits per heavy atom. The second-order valence-electron chi connectivity index (χ2n) is 7.63. The molecule has 3 aromatic rings. The van der Waals surface area contributed by atoms with Crippen molar-refractivity contribution in [3.8, 4) is 5.75 Å². The lowest BCUT2D eigenvalue weighted by Crippen LogP contribution is -2.56. The van der Waals surface area contributed by atoms with Crippen LogP contribution < -0.4 is 10.1 Å². The van der Waals surface area contributed by atoms with Gasteiger partial charge in [0.05, 0.1) is 13.1 Å². The quantitative estimate of drug-likeness (QED) is 0.666. The van der Waals surface area contributed by atoms with Crippen molar-refractivity contribution in [2.24, 2.45) is 0 Å². The summed E-state index contributed by atoms with van der Waals surface area (Å²) in [5.41, 5.74) is 1.88. The third kappa shape index (κ3) is 4.22. The number of benzene rings is 1. The minimum absolute atomic E-state index is 0.0325. The van der Waals surface area contributed by atoms with Crippen molar-refractivity contribution in [2.45, 2.75) is 12.0 Å². The first kappa shape index (κ1) is 19.5. The third-order valence-electron chi connectivity index (χ3n) is 5.48. The highest BCUT2D eigenvalue weighted by Gasteiger charge is 2.34. The first-order chi connectivity index (χ1) is 15.2. The minimum Gasteiger partial charge on any atom is -0.487 e. The highest BCUT2D eigenvalue weighted by molar-refractivity contribution is 7.11. The number of aromatic nitrogens is 2. The second kappa shape index (κ2) is 8.35. The van der Waals surface area contributed by atoms with Crippen LogP contribution in [0.25, 0.3) is 0 Å². The molecule has 4 heterocycles. The topological polar surface area (TPSA) is 87.7 Å². The van der Waals surface area contributed by atoms with Gasteiger partial charge in [0.25, 0.3) is 5.91 Å². The predicted octanol–water partition coefficient (Wildman–Crippen LogP) is 3.07. The van der Waals surface area contributed by atoms with Crippen LogP contribution in [0.1, 0.15) is 21.3 Å². The Hall–Kier alpha value is -3.46. The average molecular weight is 436 g/mol. The second-order valence-corrected chi connectivity index (χ2v) is 8.52. The van der Waals surface area contributed by atoms with E-state index in [-0.39, 0.29) is 18.0 Å². The van der Waals surface area contributed by atoms with Gasteiger partial charge in [0.2, 0.25) is 0 Å². The Kier molecular flexibility index (Phi) is 5.25. The maximum atomic E-state index is 12.4. The number of hydrogen-bond donors (Lipinski definition) is 1. The van der Waals surface area contributed by atoms with E-state index in [9.17, 15) is 9.59 Å². The minimum atomic E-state index is -0.107. The number of rotatable bonds is 5.